The minimum atomic E-state index is -1.15. The maximum atomic E-state index is 12.7. The number of aromatic carboxylic acids is 1. The Morgan fingerprint density at radius 2 is 1.71 bits per heavy atom. The first-order chi connectivity index (χ1) is 16.4. The molecule has 2 amide bonds. The van der Waals surface area contributed by atoms with Crippen LogP contribution in [0.3, 0.4) is 0 Å². The number of carboxylic acids is 1. The van der Waals surface area contributed by atoms with Gasteiger partial charge >= 0.3 is 12.1 Å². The number of carbonyl (C=O) groups excluding carboxylic acids is 2. The molecular formula is C24H23N5O5. The van der Waals surface area contributed by atoms with Crippen LogP contribution in [0.25, 0.3) is 11.1 Å². The highest BCUT2D eigenvalue weighted by Gasteiger charge is 2.36. The number of aromatic nitrogens is 3. The van der Waals surface area contributed by atoms with Gasteiger partial charge in [-0.25, -0.2) is 14.3 Å². The minimum absolute atomic E-state index is 0.0568. The summed E-state index contributed by atoms with van der Waals surface area (Å²) in [7, 11) is 0. The number of nitrogens with one attached hydrogen (secondary N) is 1. The molecule has 1 saturated heterocycles. The largest absolute Gasteiger partial charge is 0.476 e. The van der Waals surface area contributed by atoms with Crippen molar-refractivity contribution in [2.45, 2.75) is 24.9 Å². The van der Waals surface area contributed by atoms with E-state index in [0.717, 1.165) is 22.3 Å². The molecule has 3 aromatic rings. The SMILES string of the molecule is C[C@H](NC(=O)OCC1c2ccccc2-c2ccccc21)C(=O)N1CC(n2cc(C(=O)O)nn2)C1. The van der Waals surface area contributed by atoms with Gasteiger partial charge in [-0.2, -0.15) is 0 Å². The van der Waals surface area contributed by atoms with Gasteiger partial charge in [0.1, 0.15) is 12.6 Å². The van der Waals surface area contributed by atoms with E-state index in [1.54, 1.807) is 11.8 Å². The first kappa shape index (κ1) is 21.6. The Morgan fingerprint density at radius 3 is 2.29 bits per heavy atom. The third-order valence-electron chi connectivity index (χ3n) is 6.33. The molecule has 2 heterocycles. The van der Waals surface area contributed by atoms with E-state index in [0.29, 0.717) is 13.1 Å². The summed E-state index contributed by atoms with van der Waals surface area (Å²) >= 11 is 0. The number of hydrogen-bond donors (Lipinski definition) is 2. The number of rotatable bonds is 6. The van der Waals surface area contributed by atoms with Gasteiger partial charge in [0.05, 0.1) is 12.2 Å². The van der Waals surface area contributed by atoms with E-state index >= 15 is 0 Å². The molecule has 1 aliphatic carbocycles. The zero-order valence-electron chi connectivity index (χ0n) is 18.4. The summed E-state index contributed by atoms with van der Waals surface area (Å²) < 4.78 is 6.95. The van der Waals surface area contributed by atoms with Crippen LogP contribution in [-0.2, 0) is 9.53 Å². The predicted molar refractivity (Wildman–Crippen MR) is 120 cm³/mol. The molecule has 174 valence electrons. The lowest BCUT2D eigenvalue weighted by Crippen LogP contribution is -2.56. The molecule has 0 spiro atoms. The number of carbonyl (C=O) groups is 3. The summed E-state index contributed by atoms with van der Waals surface area (Å²) in [6, 6.07) is 15.2. The number of likely N-dealkylation sites (tertiary alicyclic amines) is 1. The zero-order chi connectivity index (χ0) is 23.8. The lowest BCUT2D eigenvalue weighted by Gasteiger charge is -2.40. The van der Waals surface area contributed by atoms with E-state index in [-0.39, 0.29) is 30.2 Å². The van der Waals surface area contributed by atoms with Gasteiger partial charge in [-0.1, -0.05) is 53.7 Å². The number of nitrogens with zero attached hydrogens (tertiary/aromatic N) is 4. The average Bonchev–Trinajstić information content (AvgIpc) is 3.40. The van der Waals surface area contributed by atoms with Crippen LogP contribution >= 0.6 is 0 Å². The second-order valence-electron chi connectivity index (χ2n) is 8.48. The maximum absolute atomic E-state index is 12.7. The first-order valence-electron chi connectivity index (χ1n) is 11.0. The number of benzene rings is 2. The number of ether oxygens (including phenoxy) is 1. The van der Waals surface area contributed by atoms with E-state index in [2.05, 4.69) is 27.8 Å². The van der Waals surface area contributed by atoms with Crippen molar-refractivity contribution in [2.24, 2.45) is 0 Å². The Kier molecular flexibility index (Phi) is 5.48. The summed E-state index contributed by atoms with van der Waals surface area (Å²) in [6.07, 6.45) is 0.690. The van der Waals surface area contributed by atoms with E-state index in [1.165, 1.54) is 10.9 Å². The fourth-order valence-electron chi connectivity index (χ4n) is 4.51. The Balaban J connectivity index is 1.14. The highest BCUT2D eigenvalue weighted by molar-refractivity contribution is 5.86. The second kappa shape index (κ2) is 8.62. The van der Waals surface area contributed by atoms with Crippen LogP contribution in [0.5, 0.6) is 0 Å². The topological polar surface area (TPSA) is 127 Å². The van der Waals surface area contributed by atoms with Crippen molar-refractivity contribution in [1.82, 2.24) is 25.2 Å². The molecule has 5 rings (SSSR count). The van der Waals surface area contributed by atoms with Gasteiger partial charge in [0, 0.05) is 19.0 Å². The summed E-state index contributed by atoms with van der Waals surface area (Å²) in [5, 5.41) is 18.9. The molecular weight excluding hydrogens is 438 g/mol. The molecule has 1 fully saturated rings. The third-order valence-corrected chi connectivity index (χ3v) is 6.33. The lowest BCUT2D eigenvalue weighted by atomic mass is 9.98. The molecule has 10 heteroatoms. The first-order valence-corrected chi connectivity index (χ1v) is 11.0. The van der Waals surface area contributed by atoms with Gasteiger partial charge in [0.15, 0.2) is 5.69 Å². The van der Waals surface area contributed by atoms with Crippen molar-refractivity contribution >= 4 is 18.0 Å². The van der Waals surface area contributed by atoms with Crippen LogP contribution in [0.2, 0.25) is 0 Å². The van der Waals surface area contributed by atoms with Gasteiger partial charge < -0.3 is 20.1 Å². The van der Waals surface area contributed by atoms with E-state index < -0.39 is 18.1 Å². The molecule has 2 aromatic carbocycles. The Morgan fingerprint density at radius 1 is 1.09 bits per heavy atom. The molecule has 1 aromatic heterocycles. The smallest absolute Gasteiger partial charge is 0.407 e. The molecule has 2 N–H and O–H groups in total. The lowest BCUT2D eigenvalue weighted by molar-refractivity contribution is -0.139. The van der Waals surface area contributed by atoms with E-state index in [4.69, 9.17) is 9.84 Å². The summed E-state index contributed by atoms with van der Waals surface area (Å²) in [4.78, 5) is 37.6. The molecule has 1 atom stereocenters. The monoisotopic (exact) mass is 461 g/mol. The van der Waals surface area contributed by atoms with Crippen LogP contribution in [-0.4, -0.2) is 68.7 Å². The molecule has 0 radical (unpaired) electrons. The van der Waals surface area contributed by atoms with Crippen molar-refractivity contribution in [2.75, 3.05) is 19.7 Å². The summed E-state index contributed by atoms with van der Waals surface area (Å²) in [5.41, 5.74) is 4.38. The van der Waals surface area contributed by atoms with Gasteiger partial charge in [-0.3, -0.25) is 4.79 Å². The van der Waals surface area contributed by atoms with Crippen molar-refractivity contribution in [3.05, 3.63) is 71.5 Å². The van der Waals surface area contributed by atoms with Crippen molar-refractivity contribution < 1.29 is 24.2 Å². The van der Waals surface area contributed by atoms with E-state index in [1.807, 2.05) is 36.4 Å². The molecule has 10 nitrogen and oxygen atoms in total. The molecule has 2 aliphatic rings. The second-order valence-corrected chi connectivity index (χ2v) is 8.48. The van der Waals surface area contributed by atoms with Gasteiger partial charge in [0.2, 0.25) is 5.91 Å². The zero-order valence-corrected chi connectivity index (χ0v) is 18.4. The Hall–Kier alpha value is -4.21. The molecule has 1 aliphatic heterocycles. The molecule has 34 heavy (non-hydrogen) atoms. The Labute approximate surface area is 195 Å². The van der Waals surface area contributed by atoms with E-state index in [9.17, 15) is 14.4 Å². The number of carboxylic acid groups (broad SMARTS) is 1. The third kappa shape index (κ3) is 3.87. The Bertz CT molecular complexity index is 1220. The standard InChI is InChI=1S/C24H23N5O5/c1-14(22(30)28-10-15(11-28)29-12-21(23(31)32)26-27-29)25-24(33)34-13-20-18-8-4-2-6-16(18)17-7-3-5-9-19(17)20/h2-9,12,14-15,20H,10-11,13H2,1H3,(H,25,33)(H,31,32)/t14-/m0/s1. The number of alkyl carbamates (subject to hydrolysis) is 1. The quantitative estimate of drug-likeness (QED) is 0.577. The fourth-order valence-corrected chi connectivity index (χ4v) is 4.51. The van der Waals surface area contributed by atoms with Crippen LogP contribution in [0.15, 0.2) is 54.7 Å². The van der Waals surface area contributed by atoms with Gasteiger partial charge in [0.25, 0.3) is 0 Å². The average molecular weight is 461 g/mol. The highest BCUT2D eigenvalue weighted by atomic mass is 16.5. The van der Waals surface area contributed by atoms with Crippen molar-refractivity contribution in [3.63, 3.8) is 0 Å². The number of amides is 2. The maximum Gasteiger partial charge on any atom is 0.407 e. The van der Waals surface area contributed by atoms with Gasteiger partial charge in [-0.15, -0.1) is 5.10 Å². The van der Waals surface area contributed by atoms with Crippen molar-refractivity contribution in [3.8, 4) is 11.1 Å². The van der Waals surface area contributed by atoms with Crippen LogP contribution in [0.4, 0.5) is 4.79 Å². The van der Waals surface area contributed by atoms with Crippen LogP contribution < -0.4 is 5.32 Å². The number of hydrogen-bond acceptors (Lipinski definition) is 6. The normalized spacial score (nSPS) is 15.7. The minimum Gasteiger partial charge on any atom is -0.476 e. The summed E-state index contributed by atoms with van der Waals surface area (Å²) in [5.74, 6) is -1.46. The molecule has 0 unspecified atom stereocenters. The summed E-state index contributed by atoms with van der Waals surface area (Å²) in [6.45, 7) is 2.50. The van der Waals surface area contributed by atoms with Crippen LogP contribution in [0, 0.1) is 0 Å². The van der Waals surface area contributed by atoms with Crippen molar-refractivity contribution in [1.29, 1.82) is 0 Å². The van der Waals surface area contributed by atoms with Crippen LogP contribution in [0.1, 0.15) is 40.5 Å². The molecule has 0 bridgehead atoms. The van der Waals surface area contributed by atoms with Gasteiger partial charge in [-0.05, 0) is 29.2 Å². The predicted octanol–water partition coefficient (Wildman–Crippen LogP) is 2.29. The number of fused-ring (bicyclic) bond motifs is 3. The molecule has 0 saturated carbocycles. The fraction of sp³-hybridized carbons (Fsp3) is 0.292. The highest BCUT2D eigenvalue weighted by Crippen LogP contribution is 2.44.